The molecule has 0 saturated carbocycles. The van der Waals surface area contributed by atoms with Crippen LogP contribution in [0.1, 0.15) is 5.69 Å². The van der Waals surface area contributed by atoms with E-state index in [1.807, 2.05) is 36.4 Å². The van der Waals surface area contributed by atoms with Crippen LogP contribution in [0.15, 0.2) is 82.9 Å². The van der Waals surface area contributed by atoms with Crippen LogP contribution in [-0.4, -0.2) is 16.9 Å². The zero-order chi connectivity index (χ0) is 21.8. The topological polar surface area (TPSA) is 72.9 Å². The van der Waals surface area contributed by atoms with Crippen molar-refractivity contribution in [2.75, 3.05) is 0 Å². The second-order valence-corrected chi connectivity index (χ2v) is 8.16. The molecule has 0 bridgehead atoms. The monoisotopic (exact) mass is 544 g/mol. The van der Waals surface area contributed by atoms with Crippen LogP contribution in [-0.2, 0) is 0 Å². The van der Waals surface area contributed by atoms with E-state index in [2.05, 4.69) is 37.7 Å². The number of benzene rings is 3. The molecular formula is C23H15ClFIN4O. The minimum atomic E-state index is -0.326. The summed E-state index contributed by atoms with van der Waals surface area (Å²) in [6.07, 6.45) is 1.50. The van der Waals surface area contributed by atoms with E-state index in [-0.39, 0.29) is 5.82 Å². The zero-order valence-corrected chi connectivity index (χ0v) is 18.9. The van der Waals surface area contributed by atoms with Gasteiger partial charge in [0, 0.05) is 14.0 Å². The van der Waals surface area contributed by atoms with Crippen molar-refractivity contribution in [2.24, 2.45) is 15.9 Å². The number of fused-ring (bicyclic) bond motifs is 1. The van der Waals surface area contributed by atoms with Gasteiger partial charge in [0.2, 0.25) is 0 Å². The number of aliphatic imine (C=N–C) groups is 1. The second-order valence-electron chi connectivity index (χ2n) is 6.48. The maximum atomic E-state index is 13.1. The zero-order valence-electron chi connectivity index (χ0n) is 16.0. The molecule has 154 valence electrons. The van der Waals surface area contributed by atoms with Crippen LogP contribution >= 0.6 is 34.2 Å². The molecule has 0 spiro atoms. The van der Waals surface area contributed by atoms with Crippen LogP contribution in [0.25, 0.3) is 10.9 Å². The molecule has 4 rings (SSSR count). The molecule has 5 nitrogen and oxygen atoms in total. The molecule has 0 aliphatic heterocycles. The number of aromatic nitrogens is 1. The van der Waals surface area contributed by atoms with Gasteiger partial charge in [-0.25, -0.2) is 9.37 Å². The highest BCUT2D eigenvalue weighted by molar-refractivity contribution is 14.1. The molecule has 31 heavy (non-hydrogen) atoms. The normalized spacial score (nSPS) is 11.9. The highest BCUT2D eigenvalue weighted by Gasteiger charge is 2.09. The van der Waals surface area contributed by atoms with Crippen molar-refractivity contribution in [2.45, 2.75) is 0 Å². The van der Waals surface area contributed by atoms with E-state index in [0.717, 1.165) is 8.96 Å². The van der Waals surface area contributed by atoms with Gasteiger partial charge in [0.15, 0.2) is 0 Å². The molecule has 0 aliphatic rings. The van der Waals surface area contributed by atoms with Gasteiger partial charge in [-0.1, -0.05) is 17.7 Å². The molecule has 0 fully saturated rings. The van der Waals surface area contributed by atoms with E-state index < -0.39 is 0 Å². The van der Waals surface area contributed by atoms with Crippen LogP contribution in [0.4, 0.5) is 10.1 Å². The Morgan fingerprint density at radius 1 is 1.06 bits per heavy atom. The van der Waals surface area contributed by atoms with E-state index >= 15 is 0 Å². The van der Waals surface area contributed by atoms with Crippen LogP contribution < -0.4 is 10.6 Å². The largest absolute Gasteiger partial charge is 0.457 e. The first-order valence-corrected chi connectivity index (χ1v) is 10.6. The lowest BCUT2D eigenvalue weighted by molar-refractivity contribution is 0.488. The van der Waals surface area contributed by atoms with E-state index in [9.17, 15) is 4.39 Å². The van der Waals surface area contributed by atoms with Crippen LogP contribution in [0.5, 0.6) is 11.5 Å². The predicted molar refractivity (Wildman–Crippen MR) is 131 cm³/mol. The summed E-state index contributed by atoms with van der Waals surface area (Å²) in [4.78, 5) is 8.93. The fourth-order valence-corrected chi connectivity index (χ4v) is 3.95. The van der Waals surface area contributed by atoms with Gasteiger partial charge in [-0.3, -0.25) is 4.99 Å². The third-order valence-corrected chi connectivity index (χ3v) is 5.16. The van der Waals surface area contributed by atoms with Crippen molar-refractivity contribution >= 4 is 62.7 Å². The number of nitrogens with two attached hydrogens (primary N) is 1. The predicted octanol–water partition coefficient (Wildman–Crippen LogP) is 6.49. The number of ether oxygens (including phenoxy) is 1. The Bertz CT molecular complexity index is 1290. The molecule has 1 heterocycles. The van der Waals surface area contributed by atoms with Gasteiger partial charge in [-0.2, -0.15) is 5.10 Å². The fraction of sp³-hybridized carbons (Fsp3) is 0. The number of halogens is 3. The Morgan fingerprint density at radius 2 is 1.87 bits per heavy atom. The average molecular weight is 545 g/mol. The van der Waals surface area contributed by atoms with Crippen LogP contribution in [0.3, 0.4) is 0 Å². The van der Waals surface area contributed by atoms with Crippen molar-refractivity contribution in [3.05, 3.63) is 92.9 Å². The molecular weight excluding hydrogens is 530 g/mol. The molecule has 0 atom stereocenters. The number of pyridine rings is 1. The lowest BCUT2D eigenvalue weighted by Crippen LogP contribution is -2.08. The molecule has 1 aromatic heterocycles. The van der Waals surface area contributed by atoms with Gasteiger partial charge in [0.1, 0.15) is 23.0 Å². The Morgan fingerprint density at radius 3 is 2.61 bits per heavy atom. The summed E-state index contributed by atoms with van der Waals surface area (Å²) in [7, 11) is 0. The molecule has 3 aromatic carbocycles. The molecule has 0 amide bonds. The number of hydrogen-bond donors (Lipinski definition) is 1. The van der Waals surface area contributed by atoms with Gasteiger partial charge in [0.05, 0.1) is 23.1 Å². The number of hydrogen-bond acceptors (Lipinski definition) is 5. The fourth-order valence-electron chi connectivity index (χ4n) is 2.90. The van der Waals surface area contributed by atoms with Crippen molar-refractivity contribution < 1.29 is 9.13 Å². The first kappa shape index (κ1) is 21.2. The van der Waals surface area contributed by atoms with Gasteiger partial charge in [-0.05, 0) is 89.3 Å². The standard InChI is InChI=1S/C23H15ClFIN4O/c24-14-10-16(26)12-18(11-14)31-23-3-1-2-20-19(23)8-9-21(29-20)22(30-27)13-28-17-6-4-15(25)5-7-17/h1-13H,27H2. The maximum Gasteiger partial charge on any atom is 0.136 e. The molecule has 0 aliphatic carbocycles. The lowest BCUT2D eigenvalue weighted by atomic mass is 10.1. The van der Waals surface area contributed by atoms with Gasteiger partial charge >= 0.3 is 0 Å². The molecule has 0 unspecified atom stereocenters. The van der Waals surface area contributed by atoms with Crippen LogP contribution in [0, 0.1) is 9.39 Å². The van der Waals surface area contributed by atoms with E-state index in [1.165, 1.54) is 18.3 Å². The summed E-state index contributed by atoms with van der Waals surface area (Å²) in [5, 5.41) is 5.22. The third-order valence-electron chi connectivity index (χ3n) is 4.32. The second kappa shape index (κ2) is 9.40. The third kappa shape index (κ3) is 5.18. The lowest BCUT2D eigenvalue weighted by Gasteiger charge is -2.10. The number of hydrazone groups is 1. The first-order chi connectivity index (χ1) is 15.0. The Kier molecular flexibility index (Phi) is 6.43. The number of nitrogens with zero attached hydrogens (tertiary/aromatic N) is 3. The SMILES string of the molecule is NN=C(C=Nc1ccc(F)cc1)c1ccc2c(Oc3cc(Cl)cc(I)c3)cccc2n1. The summed E-state index contributed by atoms with van der Waals surface area (Å²) < 4.78 is 20.1. The highest BCUT2D eigenvalue weighted by atomic mass is 127. The Labute approximate surface area is 196 Å². The Balaban J connectivity index is 1.64. The molecule has 8 heteroatoms. The van der Waals surface area contributed by atoms with Crippen molar-refractivity contribution in [1.82, 2.24) is 4.98 Å². The highest BCUT2D eigenvalue weighted by Crippen LogP contribution is 2.31. The average Bonchev–Trinajstić information content (AvgIpc) is 2.75. The van der Waals surface area contributed by atoms with Crippen molar-refractivity contribution in [3.8, 4) is 11.5 Å². The summed E-state index contributed by atoms with van der Waals surface area (Å²) >= 11 is 8.32. The first-order valence-electron chi connectivity index (χ1n) is 9.13. The minimum Gasteiger partial charge on any atom is -0.457 e. The van der Waals surface area contributed by atoms with Gasteiger partial charge in [-0.15, -0.1) is 0 Å². The smallest absolute Gasteiger partial charge is 0.136 e. The minimum absolute atomic E-state index is 0.326. The molecule has 0 radical (unpaired) electrons. The van der Waals surface area contributed by atoms with E-state index in [0.29, 0.717) is 39.1 Å². The van der Waals surface area contributed by atoms with Gasteiger partial charge in [0.25, 0.3) is 0 Å². The van der Waals surface area contributed by atoms with Crippen molar-refractivity contribution in [1.29, 1.82) is 0 Å². The Hall–Kier alpha value is -3.04. The van der Waals surface area contributed by atoms with Crippen molar-refractivity contribution in [3.63, 3.8) is 0 Å². The quantitative estimate of drug-likeness (QED) is 0.135. The summed E-state index contributed by atoms with van der Waals surface area (Å²) in [5.41, 5.74) is 2.23. The maximum absolute atomic E-state index is 13.1. The summed E-state index contributed by atoms with van der Waals surface area (Å²) in [6, 6.07) is 20.6. The van der Waals surface area contributed by atoms with E-state index in [4.69, 9.17) is 22.2 Å². The molecule has 2 N–H and O–H groups in total. The van der Waals surface area contributed by atoms with E-state index in [1.54, 1.807) is 24.3 Å². The van der Waals surface area contributed by atoms with Crippen LogP contribution in [0.2, 0.25) is 5.02 Å². The van der Waals surface area contributed by atoms with Gasteiger partial charge < -0.3 is 10.6 Å². The molecule has 0 saturated heterocycles. The summed E-state index contributed by atoms with van der Waals surface area (Å²) in [5.74, 6) is 6.53. The summed E-state index contributed by atoms with van der Waals surface area (Å²) in [6.45, 7) is 0. The number of rotatable bonds is 5. The molecule has 4 aromatic rings.